The van der Waals surface area contributed by atoms with Crippen LogP contribution in [0.3, 0.4) is 0 Å². The third-order valence-electron chi connectivity index (χ3n) is 5.87. The van der Waals surface area contributed by atoms with Gasteiger partial charge in [0.05, 0.1) is 25.3 Å². The fraction of sp³-hybridized carbons (Fsp3) is 0.560. The fourth-order valence-corrected chi connectivity index (χ4v) is 3.18. The molecule has 2 unspecified atom stereocenters. The third-order valence-corrected chi connectivity index (χ3v) is 5.87. The largest absolute Gasteiger partial charge is 0.488 e. The zero-order valence-corrected chi connectivity index (χ0v) is 20.9. The summed E-state index contributed by atoms with van der Waals surface area (Å²) >= 11 is 0. The number of carbonyl (C=O) groups excluding carboxylic acids is 1. The lowest BCUT2D eigenvalue weighted by molar-refractivity contribution is -0.115. The van der Waals surface area contributed by atoms with Crippen LogP contribution < -0.4 is 5.32 Å². The van der Waals surface area contributed by atoms with Crippen molar-refractivity contribution in [1.82, 2.24) is 15.3 Å². The van der Waals surface area contributed by atoms with Crippen LogP contribution in [0, 0.1) is 5.92 Å². The number of allylic oxidation sites excluding steroid dienone is 3. The highest BCUT2D eigenvalue weighted by Crippen LogP contribution is 2.26. The summed E-state index contributed by atoms with van der Waals surface area (Å²) in [5, 5.41) is 6.98. The van der Waals surface area contributed by atoms with E-state index in [0.717, 1.165) is 11.1 Å². The zero-order valence-electron chi connectivity index (χ0n) is 20.9. The van der Waals surface area contributed by atoms with Gasteiger partial charge in [-0.15, -0.1) is 0 Å². The van der Waals surface area contributed by atoms with Gasteiger partial charge >= 0.3 is 0 Å². The Kier molecular flexibility index (Phi) is 9.16. The SMILES string of the molecule is C=C/C(C)=C(\C=N/CCN1C=C2C(C(=O)NC(C)C)=NC=CC2N1C)OCC(C)(F)C(C)C. The molecule has 8 heteroatoms. The molecule has 7 nitrogen and oxygen atoms in total. The van der Waals surface area contributed by atoms with E-state index >= 15 is 0 Å². The van der Waals surface area contributed by atoms with Crippen LogP contribution in [-0.4, -0.2) is 72.3 Å². The second-order valence-corrected chi connectivity index (χ2v) is 9.22. The Hall–Kier alpha value is -2.74. The number of alkyl halides is 1. The topological polar surface area (TPSA) is 69.5 Å². The molecule has 0 aromatic heterocycles. The second kappa shape index (κ2) is 11.4. The number of rotatable bonds is 11. The molecule has 0 fully saturated rings. The summed E-state index contributed by atoms with van der Waals surface area (Å²) in [7, 11) is 1.97. The monoisotopic (exact) mass is 459 g/mol. The highest BCUT2D eigenvalue weighted by molar-refractivity contribution is 6.46. The molecule has 1 amide bonds. The molecule has 33 heavy (non-hydrogen) atoms. The lowest BCUT2D eigenvalue weighted by Gasteiger charge is -2.29. The maximum Gasteiger partial charge on any atom is 0.270 e. The Morgan fingerprint density at radius 1 is 1.42 bits per heavy atom. The number of nitrogens with zero attached hydrogens (tertiary/aromatic N) is 4. The van der Waals surface area contributed by atoms with E-state index in [0.29, 0.717) is 24.6 Å². The fourth-order valence-electron chi connectivity index (χ4n) is 3.18. The maximum atomic E-state index is 14.6. The highest BCUT2D eigenvalue weighted by Gasteiger charge is 2.35. The van der Waals surface area contributed by atoms with Crippen molar-refractivity contribution in [2.75, 3.05) is 26.7 Å². The van der Waals surface area contributed by atoms with Gasteiger partial charge in [-0.3, -0.25) is 14.8 Å². The average molecular weight is 460 g/mol. The number of carbonyl (C=O) groups is 1. The van der Waals surface area contributed by atoms with Gasteiger partial charge in [-0.05, 0) is 45.3 Å². The molecule has 2 aliphatic rings. The third kappa shape index (κ3) is 6.87. The number of hydrogen-bond acceptors (Lipinski definition) is 6. The van der Waals surface area contributed by atoms with Crippen molar-refractivity contribution >= 4 is 17.8 Å². The number of fused-ring (bicyclic) bond motifs is 1. The summed E-state index contributed by atoms with van der Waals surface area (Å²) in [6.07, 6.45) is 8.89. The van der Waals surface area contributed by atoms with Gasteiger partial charge in [-0.25, -0.2) is 9.40 Å². The molecule has 0 aromatic rings. The van der Waals surface area contributed by atoms with E-state index in [1.807, 2.05) is 59.0 Å². The quantitative estimate of drug-likeness (QED) is 0.290. The van der Waals surface area contributed by atoms with Crippen molar-refractivity contribution in [2.24, 2.45) is 15.9 Å². The lowest BCUT2D eigenvalue weighted by atomic mass is 9.96. The smallest absolute Gasteiger partial charge is 0.270 e. The predicted octanol–water partition coefficient (Wildman–Crippen LogP) is 3.83. The first-order valence-corrected chi connectivity index (χ1v) is 11.4. The minimum Gasteiger partial charge on any atom is -0.488 e. The van der Waals surface area contributed by atoms with E-state index in [2.05, 4.69) is 26.9 Å². The molecule has 0 saturated carbocycles. The van der Waals surface area contributed by atoms with Gasteiger partial charge in [-0.1, -0.05) is 26.5 Å². The second-order valence-electron chi connectivity index (χ2n) is 9.22. The van der Waals surface area contributed by atoms with Crippen LogP contribution in [0.4, 0.5) is 4.39 Å². The number of hydrazine groups is 1. The zero-order chi connectivity index (χ0) is 24.8. The van der Waals surface area contributed by atoms with E-state index in [1.165, 1.54) is 0 Å². The van der Waals surface area contributed by atoms with E-state index in [1.54, 1.807) is 25.4 Å². The minimum atomic E-state index is -1.43. The molecule has 1 N–H and O–H groups in total. The van der Waals surface area contributed by atoms with Gasteiger partial charge in [0.1, 0.15) is 23.7 Å². The van der Waals surface area contributed by atoms with E-state index in [-0.39, 0.29) is 30.5 Å². The van der Waals surface area contributed by atoms with Crippen molar-refractivity contribution in [1.29, 1.82) is 0 Å². The summed E-state index contributed by atoms with van der Waals surface area (Å²) < 4.78 is 20.3. The number of nitrogens with one attached hydrogen (secondary N) is 1. The van der Waals surface area contributed by atoms with Crippen LogP contribution in [0.25, 0.3) is 0 Å². The molecule has 0 radical (unpaired) electrons. The molecule has 0 aliphatic carbocycles. The first-order chi connectivity index (χ1) is 15.5. The summed E-state index contributed by atoms with van der Waals surface area (Å²) in [6, 6.07) is -0.00604. The number of hydrogen-bond donors (Lipinski definition) is 1. The Bertz CT molecular complexity index is 883. The van der Waals surface area contributed by atoms with Crippen LogP contribution in [0.1, 0.15) is 41.5 Å². The summed E-state index contributed by atoms with van der Waals surface area (Å²) in [5.41, 5.74) is 0.667. The Morgan fingerprint density at radius 3 is 2.73 bits per heavy atom. The standard InChI is InChI=1S/C25H38FN5O2/c1-9-19(6)22(33-16-25(7,26)17(2)3)14-27-12-13-31-15-20-21(30(31)8)10-11-28-23(20)24(32)29-18(4)5/h9-11,14-15,17-18,21H,1,12-13,16H2,2-8H3,(H,29,32)/b22-19+,27-14-. The van der Waals surface area contributed by atoms with Crippen LogP contribution in [0.15, 0.2) is 58.0 Å². The summed E-state index contributed by atoms with van der Waals surface area (Å²) in [4.78, 5) is 21.3. The average Bonchev–Trinajstić information content (AvgIpc) is 3.07. The number of aliphatic imine (C=N–C) groups is 2. The molecule has 0 bridgehead atoms. The lowest BCUT2D eigenvalue weighted by Crippen LogP contribution is -2.42. The molecular formula is C25H38FN5O2. The molecule has 0 aromatic carbocycles. The van der Waals surface area contributed by atoms with Crippen LogP contribution in [-0.2, 0) is 9.53 Å². The molecule has 2 atom stereocenters. The Morgan fingerprint density at radius 2 is 2.12 bits per heavy atom. The number of likely N-dealkylation sites (N-methyl/N-ethyl adjacent to an activating group) is 1. The maximum absolute atomic E-state index is 14.6. The molecule has 182 valence electrons. The highest BCUT2D eigenvalue weighted by atomic mass is 19.1. The van der Waals surface area contributed by atoms with Crippen LogP contribution >= 0.6 is 0 Å². The first kappa shape index (κ1) is 26.5. The predicted molar refractivity (Wildman–Crippen MR) is 133 cm³/mol. The summed E-state index contributed by atoms with van der Waals surface area (Å²) in [5.74, 6) is 0.179. The van der Waals surface area contributed by atoms with Gasteiger partial charge < -0.3 is 15.1 Å². The van der Waals surface area contributed by atoms with Gasteiger partial charge in [0.25, 0.3) is 5.91 Å². The minimum absolute atomic E-state index is 0.0361. The molecular weight excluding hydrogens is 421 g/mol. The molecule has 0 spiro atoms. The Balaban J connectivity index is 2.03. The molecule has 2 aliphatic heterocycles. The Labute approximate surface area is 197 Å². The van der Waals surface area contributed by atoms with Crippen LogP contribution in [0.2, 0.25) is 0 Å². The number of halogens is 1. The number of ether oxygens (including phenoxy) is 1. The molecule has 2 rings (SSSR count). The van der Waals surface area contributed by atoms with Crippen molar-refractivity contribution in [3.05, 3.63) is 48.0 Å². The van der Waals surface area contributed by atoms with Gasteiger partial charge in [-0.2, -0.15) is 0 Å². The van der Waals surface area contributed by atoms with Gasteiger partial charge in [0, 0.05) is 31.1 Å². The molecule has 2 heterocycles. The van der Waals surface area contributed by atoms with Crippen LogP contribution in [0.5, 0.6) is 0 Å². The van der Waals surface area contributed by atoms with Crippen molar-refractivity contribution < 1.29 is 13.9 Å². The van der Waals surface area contributed by atoms with E-state index in [9.17, 15) is 9.18 Å². The normalized spacial score (nSPS) is 21.0. The molecule has 0 saturated heterocycles. The van der Waals surface area contributed by atoms with Crippen molar-refractivity contribution in [2.45, 2.75) is 59.3 Å². The first-order valence-electron chi connectivity index (χ1n) is 11.4. The van der Waals surface area contributed by atoms with E-state index < -0.39 is 5.67 Å². The van der Waals surface area contributed by atoms with E-state index in [4.69, 9.17) is 4.74 Å². The number of amides is 1. The summed E-state index contributed by atoms with van der Waals surface area (Å²) in [6.45, 7) is 15.7. The van der Waals surface area contributed by atoms with Gasteiger partial charge in [0.15, 0.2) is 0 Å². The van der Waals surface area contributed by atoms with Gasteiger partial charge in [0.2, 0.25) is 0 Å². The van der Waals surface area contributed by atoms with Crippen molar-refractivity contribution in [3.63, 3.8) is 0 Å². The van der Waals surface area contributed by atoms with Crippen molar-refractivity contribution in [3.8, 4) is 0 Å².